The summed E-state index contributed by atoms with van der Waals surface area (Å²) in [5.41, 5.74) is 3.10. The zero-order valence-electron chi connectivity index (χ0n) is 13.8. The molecule has 25 heavy (non-hydrogen) atoms. The summed E-state index contributed by atoms with van der Waals surface area (Å²) in [6, 6.07) is 6.48. The number of rotatable bonds is 6. The molecule has 0 spiro atoms. The van der Waals surface area contributed by atoms with Crippen LogP contribution in [-0.4, -0.2) is 34.5 Å². The number of benzene rings is 1. The second kappa shape index (κ2) is 7.18. The molecule has 0 fully saturated rings. The molecule has 0 amide bonds. The second-order valence-electron chi connectivity index (χ2n) is 5.34. The van der Waals surface area contributed by atoms with E-state index in [1.54, 1.807) is 19.4 Å². The number of methoxy groups -OCH3 is 1. The van der Waals surface area contributed by atoms with Crippen LogP contribution in [0.2, 0.25) is 0 Å². The highest BCUT2D eigenvalue weighted by Crippen LogP contribution is 2.33. The van der Waals surface area contributed by atoms with Crippen LogP contribution >= 0.6 is 10.5 Å². The van der Waals surface area contributed by atoms with Crippen molar-refractivity contribution < 1.29 is 18.3 Å². The van der Waals surface area contributed by atoms with Gasteiger partial charge in [0.2, 0.25) is 0 Å². The lowest BCUT2D eigenvalue weighted by Crippen LogP contribution is -2.01. The molecular weight excluding hydrogens is 348 g/mol. The molecule has 2 heterocycles. The highest BCUT2D eigenvalue weighted by Gasteiger charge is 2.13. The Balaban J connectivity index is 1.86. The van der Waals surface area contributed by atoms with E-state index in [9.17, 15) is 8.78 Å². The third-order valence-electron chi connectivity index (χ3n) is 3.62. The molecule has 0 saturated carbocycles. The minimum absolute atomic E-state index is 0.0867. The summed E-state index contributed by atoms with van der Waals surface area (Å²) in [7, 11) is 1.11. The molecule has 2 aromatic heterocycles. The van der Waals surface area contributed by atoms with Crippen molar-refractivity contribution in [2.24, 2.45) is 0 Å². The van der Waals surface area contributed by atoms with Crippen molar-refractivity contribution >= 4 is 27.4 Å². The van der Waals surface area contributed by atoms with Gasteiger partial charge in [-0.3, -0.25) is 4.98 Å². The predicted molar refractivity (Wildman–Crippen MR) is 94.9 cm³/mol. The summed E-state index contributed by atoms with van der Waals surface area (Å²) < 4.78 is 34.5. The molecule has 1 atom stereocenters. The van der Waals surface area contributed by atoms with Crippen LogP contribution in [-0.2, 0) is 5.75 Å². The smallest absolute Gasteiger partial charge is 0.387 e. The molecule has 3 rings (SSSR count). The van der Waals surface area contributed by atoms with Crippen LogP contribution in [0.5, 0.6) is 11.5 Å². The van der Waals surface area contributed by atoms with Gasteiger partial charge in [0.15, 0.2) is 5.16 Å². The quantitative estimate of drug-likeness (QED) is 0.667. The summed E-state index contributed by atoms with van der Waals surface area (Å²) in [4.78, 5) is 12.0. The number of ether oxygens (including phenoxy) is 2. The lowest BCUT2D eigenvalue weighted by molar-refractivity contribution is -0.0497. The molecule has 1 unspecified atom stereocenters. The van der Waals surface area contributed by atoms with Gasteiger partial charge in [0, 0.05) is 18.0 Å². The maximum absolute atomic E-state index is 12.3. The van der Waals surface area contributed by atoms with Gasteiger partial charge in [0.05, 0.1) is 23.8 Å². The molecule has 0 aliphatic heterocycles. The highest BCUT2D eigenvalue weighted by molar-refractivity contribution is 8.13. The number of hydrogen-bond acceptors (Lipinski definition) is 4. The molecule has 1 N–H and O–H groups in total. The van der Waals surface area contributed by atoms with E-state index in [1.807, 2.05) is 13.0 Å². The first-order chi connectivity index (χ1) is 12.0. The van der Waals surface area contributed by atoms with Crippen LogP contribution in [0.15, 0.2) is 35.6 Å². The van der Waals surface area contributed by atoms with Gasteiger partial charge in [-0.15, -0.1) is 10.5 Å². The lowest BCUT2D eigenvalue weighted by atomic mass is 10.2. The Morgan fingerprint density at radius 2 is 2.12 bits per heavy atom. The van der Waals surface area contributed by atoms with Gasteiger partial charge in [0.1, 0.15) is 11.5 Å². The number of H-pyrrole nitrogens is 1. The normalized spacial score (nSPS) is 12.5. The minimum atomic E-state index is -2.86. The molecule has 5 nitrogen and oxygen atoms in total. The van der Waals surface area contributed by atoms with E-state index in [-0.39, 0.29) is 5.75 Å². The van der Waals surface area contributed by atoms with Crippen LogP contribution in [0.4, 0.5) is 8.78 Å². The average molecular weight is 365 g/mol. The number of nitrogens with one attached hydrogen (secondary N) is 1. The van der Waals surface area contributed by atoms with Crippen LogP contribution in [0.1, 0.15) is 11.3 Å². The number of nitrogens with zero attached hydrogens (tertiary/aromatic N) is 2. The summed E-state index contributed by atoms with van der Waals surface area (Å²) >= 11 is 0. The van der Waals surface area contributed by atoms with Gasteiger partial charge in [-0.25, -0.2) is 4.98 Å². The number of aryl methyl sites for hydroxylation is 1. The van der Waals surface area contributed by atoms with Crippen LogP contribution in [0, 0.1) is 6.92 Å². The van der Waals surface area contributed by atoms with Crippen molar-refractivity contribution in [2.75, 3.05) is 7.11 Å². The van der Waals surface area contributed by atoms with Gasteiger partial charge in [-0.2, -0.15) is 8.78 Å². The van der Waals surface area contributed by atoms with E-state index < -0.39 is 17.1 Å². The number of aromatic amines is 1. The molecule has 0 aliphatic carbocycles. The third-order valence-corrected chi connectivity index (χ3v) is 4.98. The Morgan fingerprint density at radius 1 is 1.32 bits per heavy atom. The van der Waals surface area contributed by atoms with Crippen molar-refractivity contribution in [1.82, 2.24) is 15.0 Å². The third kappa shape index (κ3) is 3.79. The molecule has 0 bridgehead atoms. The molecule has 3 aromatic rings. The van der Waals surface area contributed by atoms with Crippen LogP contribution in [0.25, 0.3) is 11.0 Å². The number of aromatic nitrogens is 3. The molecule has 132 valence electrons. The summed E-state index contributed by atoms with van der Waals surface area (Å²) in [6.45, 7) is -0.904. The van der Waals surface area contributed by atoms with E-state index in [2.05, 4.69) is 25.6 Å². The molecule has 0 aliphatic rings. The minimum Gasteiger partial charge on any atom is -0.495 e. The maximum atomic E-state index is 12.3. The molecular formula is C17H17F2N3O2S. The van der Waals surface area contributed by atoms with Crippen LogP contribution in [0.3, 0.4) is 0 Å². The molecule has 1 aromatic carbocycles. The van der Waals surface area contributed by atoms with E-state index in [0.29, 0.717) is 21.9 Å². The summed E-state index contributed by atoms with van der Waals surface area (Å²) in [5, 5.41) is 0.676. The van der Waals surface area contributed by atoms with Crippen molar-refractivity contribution in [3.05, 3.63) is 41.7 Å². The van der Waals surface area contributed by atoms with Crippen molar-refractivity contribution in [3.8, 4) is 11.5 Å². The number of pyridine rings is 1. The summed E-state index contributed by atoms with van der Waals surface area (Å²) in [6.07, 6.45) is 1.73. The fourth-order valence-electron chi connectivity index (χ4n) is 2.49. The zero-order valence-corrected chi connectivity index (χ0v) is 14.6. The first kappa shape index (κ1) is 17.3. The number of fused-ring (bicyclic) bond motifs is 1. The maximum Gasteiger partial charge on any atom is 0.387 e. The van der Waals surface area contributed by atoms with Gasteiger partial charge in [0.25, 0.3) is 0 Å². The highest BCUT2D eigenvalue weighted by atomic mass is 32.2. The van der Waals surface area contributed by atoms with E-state index >= 15 is 0 Å². The standard InChI is InChI=1S/C17H17F2N3O2S/c1-10-6-7-20-14(15(10)23-2)9-25(3)17-21-12-5-4-11(24-16(18)19)8-13(12)22-17/h4-8,16H,3,9H2,1-2H3,(H,21,22). The fraction of sp³-hybridized carbons (Fsp3) is 0.235. The topological polar surface area (TPSA) is 60.0 Å². The largest absolute Gasteiger partial charge is 0.495 e. The number of alkyl halides is 2. The molecule has 0 saturated heterocycles. The Hall–Kier alpha value is -2.48. The Kier molecular flexibility index (Phi) is 4.98. The lowest BCUT2D eigenvalue weighted by Gasteiger charge is -2.11. The average Bonchev–Trinajstić information content (AvgIpc) is 2.98. The number of hydrogen-bond donors (Lipinski definition) is 1. The van der Waals surface area contributed by atoms with E-state index in [0.717, 1.165) is 17.0 Å². The van der Waals surface area contributed by atoms with Gasteiger partial charge in [-0.1, -0.05) is 5.87 Å². The SMILES string of the molecule is C=S(Cc1nccc(C)c1OC)c1nc2ccc(OC(F)F)cc2[nH]1. The zero-order chi connectivity index (χ0) is 18.0. The number of halogens is 2. The van der Waals surface area contributed by atoms with Crippen molar-refractivity contribution in [2.45, 2.75) is 24.4 Å². The Morgan fingerprint density at radius 3 is 2.84 bits per heavy atom. The van der Waals surface area contributed by atoms with Crippen LogP contribution < -0.4 is 9.47 Å². The number of imidazole rings is 1. The first-order valence-electron chi connectivity index (χ1n) is 7.41. The molecule has 8 heteroatoms. The van der Waals surface area contributed by atoms with Crippen molar-refractivity contribution in [1.29, 1.82) is 0 Å². The Labute approximate surface area is 145 Å². The van der Waals surface area contributed by atoms with Gasteiger partial charge < -0.3 is 14.5 Å². The van der Waals surface area contributed by atoms with E-state index in [4.69, 9.17) is 4.74 Å². The first-order valence-corrected chi connectivity index (χ1v) is 8.98. The van der Waals surface area contributed by atoms with Gasteiger partial charge in [-0.05, 0) is 30.7 Å². The summed E-state index contributed by atoms with van der Waals surface area (Å²) in [5.74, 6) is 5.55. The Bertz CT molecular complexity index is 927. The van der Waals surface area contributed by atoms with E-state index in [1.165, 1.54) is 12.1 Å². The second-order valence-corrected chi connectivity index (χ2v) is 7.01. The molecule has 0 radical (unpaired) electrons. The van der Waals surface area contributed by atoms with Crippen molar-refractivity contribution in [3.63, 3.8) is 0 Å². The fourth-order valence-corrected chi connectivity index (χ4v) is 3.65. The monoisotopic (exact) mass is 365 g/mol. The predicted octanol–water partition coefficient (Wildman–Crippen LogP) is 4.14. The van der Waals surface area contributed by atoms with Gasteiger partial charge >= 0.3 is 6.61 Å².